The van der Waals surface area contributed by atoms with Crippen molar-refractivity contribution >= 4 is 11.6 Å². The minimum atomic E-state index is -0.259. The molecule has 1 aromatic rings. The van der Waals surface area contributed by atoms with E-state index in [0.29, 0.717) is 11.8 Å². The lowest BCUT2D eigenvalue weighted by atomic mass is 10.1. The molecule has 0 amide bonds. The molecule has 3 heteroatoms. The molecule has 64 valence electrons. The monoisotopic (exact) mass is 185 g/mol. The zero-order valence-electron chi connectivity index (χ0n) is 6.56. The molecule has 0 unspecified atom stereocenters. The lowest BCUT2D eigenvalue weighted by Crippen LogP contribution is -1.94. The number of hydrogen-bond acceptors (Lipinski definition) is 1. The molecule has 0 bridgehead atoms. The van der Waals surface area contributed by atoms with Crippen LogP contribution in [0.2, 0.25) is 0 Å². The van der Waals surface area contributed by atoms with Gasteiger partial charge in [0.15, 0.2) is 0 Å². The Morgan fingerprint density at radius 1 is 1.58 bits per heavy atom. The third kappa shape index (κ3) is 1.44. The van der Waals surface area contributed by atoms with E-state index in [-0.39, 0.29) is 5.82 Å². The van der Waals surface area contributed by atoms with Gasteiger partial charge in [0, 0.05) is 0 Å². The number of alkyl halides is 1. The minimum Gasteiger partial charge on any atom is -0.257 e. The fraction of sp³-hybridized carbons (Fsp3) is 0.444. The number of hydrogen-bond donors (Lipinski definition) is 0. The predicted octanol–water partition coefficient (Wildman–Crippen LogP) is 2.84. The molecule has 0 N–H and O–H groups in total. The zero-order chi connectivity index (χ0) is 8.55. The Morgan fingerprint density at radius 3 is 2.92 bits per heavy atom. The van der Waals surface area contributed by atoms with E-state index in [2.05, 4.69) is 4.98 Å². The Balaban J connectivity index is 2.39. The van der Waals surface area contributed by atoms with Crippen LogP contribution in [-0.4, -0.2) is 4.98 Å². The number of nitrogens with zero attached hydrogens (tertiary/aromatic N) is 1. The molecule has 0 saturated heterocycles. The fourth-order valence-electron chi connectivity index (χ4n) is 1.34. The second kappa shape index (κ2) is 3.02. The van der Waals surface area contributed by atoms with Gasteiger partial charge in [0.05, 0.1) is 17.8 Å². The van der Waals surface area contributed by atoms with E-state index in [4.69, 9.17) is 11.6 Å². The summed E-state index contributed by atoms with van der Waals surface area (Å²) in [6.45, 7) is 0. The van der Waals surface area contributed by atoms with Crippen molar-refractivity contribution in [2.24, 2.45) is 0 Å². The van der Waals surface area contributed by atoms with E-state index in [1.807, 2.05) is 0 Å². The number of halogens is 2. The molecule has 2 rings (SSSR count). The Bertz CT molecular complexity index is 297. The molecule has 0 aliphatic heterocycles. The lowest BCUT2D eigenvalue weighted by Gasteiger charge is -2.03. The first-order valence-electron chi connectivity index (χ1n) is 4.01. The van der Waals surface area contributed by atoms with Crippen molar-refractivity contribution in [1.29, 1.82) is 0 Å². The maximum Gasteiger partial charge on any atom is 0.141 e. The summed E-state index contributed by atoms with van der Waals surface area (Å²) in [7, 11) is 0. The normalized spacial score (nSPS) is 16.5. The highest BCUT2D eigenvalue weighted by atomic mass is 35.5. The third-order valence-electron chi connectivity index (χ3n) is 2.11. The van der Waals surface area contributed by atoms with Crippen molar-refractivity contribution < 1.29 is 4.39 Å². The minimum absolute atomic E-state index is 0.259. The zero-order valence-corrected chi connectivity index (χ0v) is 7.31. The smallest absolute Gasteiger partial charge is 0.141 e. The van der Waals surface area contributed by atoms with E-state index in [0.717, 1.165) is 24.1 Å². The van der Waals surface area contributed by atoms with Gasteiger partial charge in [-0.25, -0.2) is 4.39 Å². The van der Waals surface area contributed by atoms with Gasteiger partial charge in [-0.2, -0.15) is 0 Å². The average Bonchev–Trinajstić information content (AvgIpc) is 2.87. The summed E-state index contributed by atoms with van der Waals surface area (Å²) in [6, 6.07) is 1.56. The maximum atomic E-state index is 12.8. The molecule has 1 heterocycles. The Hall–Kier alpha value is -0.630. The topological polar surface area (TPSA) is 12.9 Å². The summed E-state index contributed by atoms with van der Waals surface area (Å²) >= 11 is 5.67. The van der Waals surface area contributed by atoms with Gasteiger partial charge in [-0.05, 0) is 30.4 Å². The van der Waals surface area contributed by atoms with E-state index in [1.165, 1.54) is 6.20 Å². The Morgan fingerprint density at radius 2 is 2.33 bits per heavy atom. The average molecular weight is 186 g/mol. The molecular formula is C9H9ClFN. The number of aromatic nitrogens is 1. The third-order valence-corrected chi connectivity index (χ3v) is 2.37. The SMILES string of the molecule is Fc1cnc(CCl)c(C2CC2)c1. The standard InChI is InChI=1S/C9H9ClFN/c10-4-9-8(6-1-2-6)3-7(11)5-12-9/h3,5-6H,1-2,4H2. The molecule has 12 heavy (non-hydrogen) atoms. The van der Waals surface area contributed by atoms with Gasteiger partial charge in [0.2, 0.25) is 0 Å². The highest BCUT2D eigenvalue weighted by molar-refractivity contribution is 6.17. The maximum absolute atomic E-state index is 12.8. The Kier molecular flexibility index (Phi) is 2.01. The van der Waals surface area contributed by atoms with Crippen LogP contribution in [0.3, 0.4) is 0 Å². The molecule has 0 radical (unpaired) electrons. The molecule has 0 spiro atoms. The van der Waals surface area contributed by atoms with E-state index in [1.54, 1.807) is 6.07 Å². The molecule has 1 aromatic heterocycles. The van der Waals surface area contributed by atoms with Gasteiger partial charge >= 0.3 is 0 Å². The predicted molar refractivity (Wildman–Crippen MR) is 45.7 cm³/mol. The quantitative estimate of drug-likeness (QED) is 0.646. The molecule has 0 aromatic carbocycles. The van der Waals surface area contributed by atoms with Crippen LogP contribution in [0.5, 0.6) is 0 Å². The number of rotatable bonds is 2. The molecule has 1 nitrogen and oxygen atoms in total. The van der Waals surface area contributed by atoms with Gasteiger partial charge in [-0.15, -0.1) is 11.6 Å². The van der Waals surface area contributed by atoms with Crippen molar-refractivity contribution in [3.05, 3.63) is 29.3 Å². The fourth-order valence-corrected chi connectivity index (χ4v) is 1.57. The first kappa shape index (κ1) is 7.99. The van der Waals surface area contributed by atoms with Crippen LogP contribution in [-0.2, 0) is 5.88 Å². The van der Waals surface area contributed by atoms with Crippen LogP contribution >= 0.6 is 11.6 Å². The van der Waals surface area contributed by atoms with Gasteiger partial charge in [-0.1, -0.05) is 0 Å². The highest BCUT2D eigenvalue weighted by Crippen LogP contribution is 2.41. The molecule has 1 aliphatic rings. The second-order valence-electron chi connectivity index (χ2n) is 3.10. The van der Waals surface area contributed by atoms with E-state index < -0.39 is 0 Å². The van der Waals surface area contributed by atoms with Crippen LogP contribution < -0.4 is 0 Å². The first-order valence-corrected chi connectivity index (χ1v) is 4.55. The molecular weight excluding hydrogens is 177 g/mol. The second-order valence-corrected chi connectivity index (χ2v) is 3.36. The van der Waals surface area contributed by atoms with Crippen molar-refractivity contribution in [1.82, 2.24) is 4.98 Å². The molecule has 1 fully saturated rings. The summed E-state index contributed by atoms with van der Waals surface area (Å²) in [5, 5.41) is 0. The summed E-state index contributed by atoms with van der Waals surface area (Å²) in [5.41, 5.74) is 1.84. The highest BCUT2D eigenvalue weighted by Gasteiger charge is 2.26. The van der Waals surface area contributed by atoms with Crippen LogP contribution in [0, 0.1) is 5.82 Å². The summed E-state index contributed by atoms with van der Waals surface area (Å²) in [6.07, 6.45) is 3.52. The van der Waals surface area contributed by atoms with Crippen molar-refractivity contribution in [3.63, 3.8) is 0 Å². The lowest BCUT2D eigenvalue weighted by molar-refractivity contribution is 0.616. The van der Waals surface area contributed by atoms with E-state index in [9.17, 15) is 4.39 Å². The van der Waals surface area contributed by atoms with Gasteiger partial charge in [-0.3, -0.25) is 4.98 Å². The molecule has 0 atom stereocenters. The van der Waals surface area contributed by atoms with Crippen LogP contribution in [0.25, 0.3) is 0 Å². The van der Waals surface area contributed by atoms with E-state index >= 15 is 0 Å². The van der Waals surface area contributed by atoms with Gasteiger partial charge in [0.1, 0.15) is 5.82 Å². The summed E-state index contributed by atoms with van der Waals surface area (Å²) in [4.78, 5) is 3.95. The first-order chi connectivity index (χ1) is 5.81. The number of pyridine rings is 1. The molecule has 1 aliphatic carbocycles. The largest absolute Gasteiger partial charge is 0.257 e. The Labute approximate surface area is 75.6 Å². The summed E-state index contributed by atoms with van der Waals surface area (Å²) in [5.74, 6) is 0.638. The van der Waals surface area contributed by atoms with Gasteiger partial charge < -0.3 is 0 Å². The van der Waals surface area contributed by atoms with Crippen molar-refractivity contribution in [2.75, 3.05) is 0 Å². The van der Waals surface area contributed by atoms with Gasteiger partial charge in [0.25, 0.3) is 0 Å². The van der Waals surface area contributed by atoms with Crippen LogP contribution in [0.15, 0.2) is 12.3 Å². The van der Waals surface area contributed by atoms with Crippen LogP contribution in [0.4, 0.5) is 4.39 Å². The van der Waals surface area contributed by atoms with Crippen molar-refractivity contribution in [2.45, 2.75) is 24.6 Å². The molecule has 1 saturated carbocycles. The van der Waals surface area contributed by atoms with Crippen molar-refractivity contribution in [3.8, 4) is 0 Å². The van der Waals surface area contributed by atoms with Crippen LogP contribution in [0.1, 0.15) is 30.0 Å². The summed E-state index contributed by atoms with van der Waals surface area (Å²) < 4.78 is 12.8.